The van der Waals surface area contributed by atoms with E-state index < -0.39 is 0 Å². The molecule has 0 unspecified atom stereocenters. The van der Waals surface area contributed by atoms with Crippen molar-refractivity contribution in [2.45, 2.75) is 0 Å². The first kappa shape index (κ1) is 27.8. The molecular weight excluding hydrogens is 615 g/mol. The van der Waals surface area contributed by atoms with Crippen LogP contribution in [0.25, 0.3) is 97.8 Å². The summed E-state index contributed by atoms with van der Waals surface area (Å²) >= 11 is 1.84. The number of thiophene rings is 1. The summed E-state index contributed by atoms with van der Waals surface area (Å²) in [5.74, 6) is 1.96. The van der Waals surface area contributed by atoms with E-state index in [0.717, 1.165) is 33.2 Å². The third-order valence-electron chi connectivity index (χ3n) is 9.51. The highest BCUT2D eigenvalue weighted by atomic mass is 32.1. The molecule has 0 N–H and O–H groups in total. The molecule has 8 aromatic carbocycles. The monoisotopic (exact) mass is 641 g/mol. The van der Waals surface area contributed by atoms with E-state index in [1.165, 1.54) is 47.1 Å². The number of nitrogens with zero attached hydrogens (tertiary/aromatic N) is 3. The molecule has 228 valence electrons. The first-order valence-corrected chi connectivity index (χ1v) is 17.3. The Bertz CT molecular complexity index is 2890. The van der Waals surface area contributed by atoms with Gasteiger partial charge in [0.2, 0.25) is 0 Å². The van der Waals surface area contributed by atoms with Crippen LogP contribution in [0.3, 0.4) is 0 Å². The Kier molecular flexibility index (Phi) is 6.36. The average molecular weight is 642 g/mol. The third-order valence-corrected chi connectivity index (χ3v) is 10.7. The van der Waals surface area contributed by atoms with E-state index in [4.69, 9.17) is 15.0 Å². The molecule has 0 fully saturated rings. The summed E-state index contributed by atoms with van der Waals surface area (Å²) in [5, 5.41) is 9.86. The van der Waals surface area contributed by atoms with Crippen LogP contribution in [0.15, 0.2) is 164 Å². The summed E-state index contributed by atoms with van der Waals surface area (Å²) < 4.78 is 2.56. The lowest BCUT2D eigenvalue weighted by atomic mass is 9.98. The van der Waals surface area contributed by atoms with Gasteiger partial charge in [0, 0.05) is 36.9 Å². The van der Waals surface area contributed by atoms with Gasteiger partial charge in [-0.1, -0.05) is 140 Å². The summed E-state index contributed by atoms with van der Waals surface area (Å²) in [7, 11) is 0. The van der Waals surface area contributed by atoms with Crippen molar-refractivity contribution < 1.29 is 0 Å². The Labute approximate surface area is 286 Å². The van der Waals surface area contributed by atoms with Crippen molar-refractivity contribution in [1.82, 2.24) is 15.0 Å². The average Bonchev–Trinajstić information content (AvgIpc) is 3.56. The zero-order valence-electron chi connectivity index (χ0n) is 26.3. The van der Waals surface area contributed by atoms with Gasteiger partial charge in [-0.25, -0.2) is 15.0 Å². The predicted octanol–water partition coefficient (Wildman–Crippen LogP) is 12.4. The minimum atomic E-state index is 0.652. The van der Waals surface area contributed by atoms with E-state index in [9.17, 15) is 0 Å². The van der Waals surface area contributed by atoms with Gasteiger partial charge in [0.05, 0.1) is 0 Å². The largest absolute Gasteiger partial charge is 0.208 e. The maximum absolute atomic E-state index is 5.19. The van der Waals surface area contributed by atoms with Crippen molar-refractivity contribution in [3.8, 4) is 45.3 Å². The maximum Gasteiger partial charge on any atom is 0.164 e. The van der Waals surface area contributed by atoms with E-state index in [-0.39, 0.29) is 0 Å². The molecule has 4 heteroatoms. The van der Waals surface area contributed by atoms with Gasteiger partial charge in [-0.2, -0.15) is 0 Å². The minimum absolute atomic E-state index is 0.652. The normalized spacial score (nSPS) is 11.7. The second-order valence-electron chi connectivity index (χ2n) is 12.4. The third kappa shape index (κ3) is 4.68. The molecule has 10 aromatic rings. The van der Waals surface area contributed by atoms with Crippen LogP contribution in [-0.4, -0.2) is 15.0 Å². The Morgan fingerprint density at radius 2 is 0.898 bits per heavy atom. The van der Waals surface area contributed by atoms with Gasteiger partial charge >= 0.3 is 0 Å². The van der Waals surface area contributed by atoms with Gasteiger partial charge in [0.25, 0.3) is 0 Å². The van der Waals surface area contributed by atoms with Crippen molar-refractivity contribution >= 4 is 63.8 Å². The van der Waals surface area contributed by atoms with Crippen LogP contribution < -0.4 is 0 Å². The Hall–Kier alpha value is -6.23. The molecule has 10 rings (SSSR count). The summed E-state index contributed by atoms with van der Waals surface area (Å²) in [6.07, 6.45) is 0. The molecular formula is C45H27N3S. The zero-order chi connectivity index (χ0) is 32.3. The predicted molar refractivity (Wildman–Crippen MR) is 207 cm³/mol. The molecule has 0 spiro atoms. The molecule has 0 atom stereocenters. The molecule has 0 bridgehead atoms. The molecule has 0 radical (unpaired) electrons. The summed E-state index contributed by atoms with van der Waals surface area (Å²) in [6.45, 7) is 0. The first-order valence-electron chi connectivity index (χ1n) is 16.4. The van der Waals surface area contributed by atoms with Gasteiger partial charge < -0.3 is 0 Å². The number of hydrogen-bond donors (Lipinski definition) is 0. The standard InChI is InChI=1S/C45H27N3S/c1-2-10-28(11-3-1)35-15-8-9-17-39(35)45-47-43(32-21-23-36-31(26-32)19-18-29-12-4-6-14-34(29)36)46-44(48-45)33-22-25-41-40(27-33)38-24-20-30-13-5-7-16-37(30)42(38)49-41/h1-27H. The fraction of sp³-hybridized carbons (Fsp3) is 0. The molecule has 0 amide bonds. The molecule has 2 aromatic heterocycles. The van der Waals surface area contributed by atoms with Crippen LogP contribution in [0, 0.1) is 0 Å². The molecule has 49 heavy (non-hydrogen) atoms. The SMILES string of the molecule is c1ccc(-c2ccccc2-c2nc(-c3ccc4c(ccc5ccccc54)c3)nc(-c3ccc4sc5c6ccccc6ccc5c4c3)n2)cc1. The molecule has 0 aliphatic heterocycles. The van der Waals surface area contributed by atoms with Crippen molar-refractivity contribution in [2.24, 2.45) is 0 Å². The van der Waals surface area contributed by atoms with Gasteiger partial charge in [0.1, 0.15) is 0 Å². The highest BCUT2D eigenvalue weighted by Crippen LogP contribution is 2.40. The summed E-state index contributed by atoms with van der Waals surface area (Å²) in [5.41, 5.74) is 5.10. The summed E-state index contributed by atoms with van der Waals surface area (Å²) in [4.78, 5) is 15.5. The first-order chi connectivity index (χ1) is 24.3. The zero-order valence-corrected chi connectivity index (χ0v) is 27.2. The number of fused-ring (bicyclic) bond motifs is 8. The fourth-order valence-electron chi connectivity index (χ4n) is 7.10. The number of aromatic nitrogens is 3. The second kappa shape index (κ2) is 11.2. The maximum atomic E-state index is 5.19. The van der Waals surface area contributed by atoms with Crippen LogP contribution in [-0.2, 0) is 0 Å². The van der Waals surface area contributed by atoms with E-state index in [1.807, 2.05) is 17.4 Å². The van der Waals surface area contributed by atoms with Crippen LogP contribution in [0.2, 0.25) is 0 Å². The van der Waals surface area contributed by atoms with Gasteiger partial charge in [-0.05, 0) is 67.7 Å². The molecule has 2 heterocycles. The van der Waals surface area contributed by atoms with Gasteiger partial charge in [-0.15, -0.1) is 11.3 Å². The van der Waals surface area contributed by atoms with Crippen molar-refractivity contribution in [2.75, 3.05) is 0 Å². The van der Waals surface area contributed by atoms with Gasteiger partial charge in [-0.3, -0.25) is 0 Å². The Balaban J connectivity index is 1.19. The van der Waals surface area contributed by atoms with Crippen LogP contribution in [0.5, 0.6) is 0 Å². The highest BCUT2D eigenvalue weighted by molar-refractivity contribution is 7.26. The number of rotatable bonds is 4. The fourth-order valence-corrected chi connectivity index (χ4v) is 8.32. The van der Waals surface area contributed by atoms with Crippen LogP contribution in [0.4, 0.5) is 0 Å². The molecule has 0 aliphatic rings. The van der Waals surface area contributed by atoms with E-state index in [1.54, 1.807) is 0 Å². The lowest BCUT2D eigenvalue weighted by molar-refractivity contribution is 1.08. The van der Waals surface area contributed by atoms with E-state index >= 15 is 0 Å². The molecule has 0 saturated carbocycles. The van der Waals surface area contributed by atoms with Gasteiger partial charge in [0.15, 0.2) is 17.5 Å². The summed E-state index contributed by atoms with van der Waals surface area (Å²) in [6, 6.07) is 58.0. The number of benzene rings is 8. The van der Waals surface area contributed by atoms with E-state index in [2.05, 4.69) is 158 Å². The molecule has 0 aliphatic carbocycles. The van der Waals surface area contributed by atoms with Crippen LogP contribution in [0.1, 0.15) is 0 Å². The molecule has 0 saturated heterocycles. The van der Waals surface area contributed by atoms with Crippen LogP contribution >= 0.6 is 11.3 Å². The Morgan fingerprint density at radius 1 is 0.327 bits per heavy atom. The van der Waals surface area contributed by atoms with Crippen molar-refractivity contribution in [3.63, 3.8) is 0 Å². The smallest absolute Gasteiger partial charge is 0.164 e. The quantitative estimate of drug-likeness (QED) is 0.180. The van der Waals surface area contributed by atoms with Crippen molar-refractivity contribution in [1.29, 1.82) is 0 Å². The van der Waals surface area contributed by atoms with E-state index in [0.29, 0.717) is 17.5 Å². The van der Waals surface area contributed by atoms with Crippen molar-refractivity contribution in [3.05, 3.63) is 164 Å². The molecule has 3 nitrogen and oxygen atoms in total. The lowest BCUT2D eigenvalue weighted by Crippen LogP contribution is -2.01. The second-order valence-corrected chi connectivity index (χ2v) is 13.5. The highest BCUT2D eigenvalue weighted by Gasteiger charge is 2.17. The topological polar surface area (TPSA) is 38.7 Å². The minimum Gasteiger partial charge on any atom is -0.208 e. The lowest BCUT2D eigenvalue weighted by Gasteiger charge is -2.12. The Morgan fingerprint density at radius 3 is 1.73 bits per heavy atom. The number of hydrogen-bond acceptors (Lipinski definition) is 4.